The van der Waals surface area contributed by atoms with E-state index in [0.29, 0.717) is 10.2 Å². The molecule has 172 valence electrons. The molecule has 33 heavy (non-hydrogen) atoms. The fourth-order valence-electron chi connectivity index (χ4n) is 3.07. The highest BCUT2D eigenvalue weighted by atomic mass is 19.4. The maximum Gasteiger partial charge on any atom is 0.434 e. The van der Waals surface area contributed by atoms with E-state index >= 15 is 0 Å². The number of anilines is 1. The van der Waals surface area contributed by atoms with Crippen LogP contribution in [0.25, 0.3) is 5.69 Å². The highest BCUT2D eigenvalue weighted by Crippen LogP contribution is 2.34. The number of amides is 1. The van der Waals surface area contributed by atoms with Gasteiger partial charge in [-0.1, -0.05) is 0 Å². The van der Waals surface area contributed by atoms with Crippen LogP contribution < -0.4 is 5.32 Å². The molecule has 0 aliphatic rings. The van der Waals surface area contributed by atoms with E-state index < -0.39 is 34.2 Å². The van der Waals surface area contributed by atoms with E-state index in [1.165, 1.54) is 56.3 Å². The number of esters is 1. The number of halogens is 3. The average molecular weight is 462 g/mol. The molecular formula is C21H17F3N4O5. The van der Waals surface area contributed by atoms with Crippen molar-refractivity contribution in [3.8, 4) is 5.69 Å². The standard InChI is InChI=1S/C21H17F3N4O5/c1-3-33-20(30)16-11-25-27(18(16)21(22,23)24)15-7-5-14(6-8-15)26-19(29)13-4-9-17(28(31)32)12(2)10-13/h4-11H,3H2,1-2H3,(H,26,29). The second-order valence-electron chi connectivity index (χ2n) is 6.80. The van der Waals surface area contributed by atoms with Gasteiger partial charge in [0.1, 0.15) is 5.56 Å². The fraction of sp³-hybridized carbons (Fsp3) is 0.190. The molecule has 0 fully saturated rings. The lowest BCUT2D eigenvalue weighted by atomic mass is 10.1. The van der Waals surface area contributed by atoms with Crippen LogP contribution in [0, 0.1) is 17.0 Å². The van der Waals surface area contributed by atoms with Gasteiger partial charge in [0.2, 0.25) is 0 Å². The number of carbonyl (C=O) groups is 2. The van der Waals surface area contributed by atoms with Crippen LogP contribution in [-0.4, -0.2) is 33.2 Å². The molecule has 3 rings (SSSR count). The monoisotopic (exact) mass is 462 g/mol. The summed E-state index contributed by atoms with van der Waals surface area (Å²) < 4.78 is 46.1. The van der Waals surface area contributed by atoms with Crippen LogP contribution in [0.3, 0.4) is 0 Å². The summed E-state index contributed by atoms with van der Waals surface area (Å²) in [7, 11) is 0. The van der Waals surface area contributed by atoms with E-state index in [4.69, 9.17) is 0 Å². The van der Waals surface area contributed by atoms with Crippen molar-refractivity contribution < 1.29 is 32.4 Å². The Kier molecular flexibility index (Phi) is 6.47. The van der Waals surface area contributed by atoms with Gasteiger partial charge < -0.3 is 10.1 Å². The van der Waals surface area contributed by atoms with E-state index in [-0.39, 0.29) is 29.2 Å². The molecule has 0 saturated heterocycles. The Morgan fingerprint density at radius 1 is 1.18 bits per heavy atom. The number of benzene rings is 2. The third kappa shape index (κ3) is 5.00. The van der Waals surface area contributed by atoms with Crippen LogP contribution in [0.2, 0.25) is 0 Å². The number of rotatable bonds is 6. The van der Waals surface area contributed by atoms with Crippen molar-refractivity contribution in [2.24, 2.45) is 0 Å². The second-order valence-corrected chi connectivity index (χ2v) is 6.80. The Labute approximate surface area is 184 Å². The van der Waals surface area contributed by atoms with Gasteiger partial charge in [-0.3, -0.25) is 14.9 Å². The number of hydrogen-bond acceptors (Lipinski definition) is 6. The number of hydrogen-bond donors (Lipinski definition) is 1. The van der Waals surface area contributed by atoms with Crippen molar-refractivity contribution in [1.82, 2.24) is 9.78 Å². The summed E-state index contributed by atoms with van der Waals surface area (Å²) in [6, 6.07) is 9.16. The Balaban J connectivity index is 1.85. The van der Waals surface area contributed by atoms with Crippen LogP contribution in [-0.2, 0) is 10.9 Å². The molecule has 3 aromatic rings. The van der Waals surface area contributed by atoms with Gasteiger partial charge in [-0.2, -0.15) is 18.3 Å². The highest BCUT2D eigenvalue weighted by Gasteiger charge is 2.41. The summed E-state index contributed by atoms with van der Waals surface area (Å²) in [4.78, 5) is 34.7. The van der Waals surface area contributed by atoms with Crippen molar-refractivity contribution in [2.75, 3.05) is 11.9 Å². The molecule has 0 spiro atoms. The minimum Gasteiger partial charge on any atom is -0.462 e. The first-order valence-electron chi connectivity index (χ1n) is 9.52. The maximum absolute atomic E-state index is 13.6. The second kappa shape index (κ2) is 9.10. The summed E-state index contributed by atoms with van der Waals surface area (Å²) in [5.41, 5.74) is -1.37. The number of nitrogens with one attached hydrogen (secondary N) is 1. The molecule has 1 N–H and O–H groups in total. The first-order chi connectivity index (χ1) is 15.5. The third-order valence-electron chi connectivity index (χ3n) is 4.56. The first kappa shape index (κ1) is 23.4. The number of nitrogens with zero attached hydrogens (tertiary/aromatic N) is 3. The van der Waals surface area contributed by atoms with Gasteiger partial charge in [-0.05, 0) is 50.2 Å². The number of nitro groups is 1. The molecule has 0 unspecified atom stereocenters. The van der Waals surface area contributed by atoms with Crippen molar-refractivity contribution in [2.45, 2.75) is 20.0 Å². The van der Waals surface area contributed by atoms with Crippen molar-refractivity contribution in [3.05, 3.63) is 81.2 Å². The average Bonchev–Trinajstić information content (AvgIpc) is 3.20. The van der Waals surface area contributed by atoms with Crippen LogP contribution in [0.4, 0.5) is 24.5 Å². The lowest BCUT2D eigenvalue weighted by Crippen LogP contribution is -2.18. The maximum atomic E-state index is 13.6. The summed E-state index contributed by atoms with van der Waals surface area (Å²) in [6.07, 6.45) is -4.09. The predicted octanol–water partition coefficient (Wildman–Crippen LogP) is 4.54. The summed E-state index contributed by atoms with van der Waals surface area (Å²) >= 11 is 0. The molecule has 1 aromatic heterocycles. The van der Waals surface area contributed by atoms with Gasteiger partial charge in [0.15, 0.2) is 5.69 Å². The van der Waals surface area contributed by atoms with Crippen LogP contribution in [0.15, 0.2) is 48.7 Å². The quantitative estimate of drug-likeness (QED) is 0.327. The van der Waals surface area contributed by atoms with Gasteiger partial charge in [0.05, 0.1) is 23.4 Å². The van der Waals surface area contributed by atoms with Crippen molar-refractivity contribution in [1.29, 1.82) is 0 Å². The zero-order chi connectivity index (χ0) is 24.3. The summed E-state index contributed by atoms with van der Waals surface area (Å²) in [5, 5.41) is 17.1. The molecule has 0 saturated carbocycles. The van der Waals surface area contributed by atoms with E-state index in [1.807, 2.05) is 0 Å². The number of aromatic nitrogens is 2. The number of ether oxygens (including phenoxy) is 1. The first-order valence-corrected chi connectivity index (χ1v) is 9.52. The smallest absolute Gasteiger partial charge is 0.434 e. The minimum absolute atomic E-state index is 0.00190. The molecule has 12 heteroatoms. The van der Waals surface area contributed by atoms with Gasteiger partial charge in [-0.25, -0.2) is 9.48 Å². The van der Waals surface area contributed by atoms with Gasteiger partial charge >= 0.3 is 12.1 Å². The van der Waals surface area contributed by atoms with Crippen LogP contribution >= 0.6 is 0 Å². The SMILES string of the molecule is CCOC(=O)c1cnn(-c2ccc(NC(=O)c3ccc([N+](=O)[O-])c(C)c3)cc2)c1C(F)(F)F. The zero-order valence-electron chi connectivity index (χ0n) is 17.3. The summed E-state index contributed by atoms with van der Waals surface area (Å²) in [5.74, 6) is -1.70. The Hall–Kier alpha value is -4.22. The van der Waals surface area contributed by atoms with E-state index in [9.17, 15) is 32.9 Å². The predicted molar refractivity (Wildman–Crippen MR) is 110 cm³/mol. The topological polar surface area (TPSA) is 116 Å². The lowest BCUT2D eigenvalue weighted by Gasteiger charge is -2.13. The number of aryl methyl sites for hydroxylation is 1. The largest absolute Gasteiger partial charge is 0.462 e. The molecule has 0 bridgehead atoms. The number of nitro benzene ring substituents is 1. The van der Waals surface area contributed by atoms with Crippen LogP contribution in [0.1, 0.15) is 38.9 Å². The Morgan fingerprint density at radius 3 is 2.39 bits per heavy atom. The third-order valence-corrected chi connectivity index (χ3v) is 4.56. The number of alkyl halides is 3. The molecule has 1 heterocycles. The Bertz CT molecular complexity index is 1220. The molecule has 0 aliphatic heterocycles. The van der Waals surface area contributed by atoms with Crippen molar-refractivity contribution >= 4 is 23.3 Å². The molecule has 1 amide bonds. The fourth-order valence-corrected chi connectivity index (χ4v) is 3.07. The van der Waals surface area contributed by atoms with Gasteiger partial charge in [0, 0.05) is 22.9 Å². The lowest BCUT2D eigenvalue weighted by molar-refractivity contribution is -0.385. The zero-order valence-corrected chi connectivity index (χ0v) is 17.3. The van der Waals surface area contributed by atoms with Crippen LogP contribution in [0.5, 0.6) is 0 Å². The van der Waals surface area contributed by atoms with E-state index in [2.05, 4.69) is 15.2 Å². The molecule has 9 nitrogen and oxygen atoms in total. The highest BCUT2D eigenvalue weighted by molar-refractivity contribution is 6.04. The molecule has 2 aromatic carbocycles. The summed E-state index contributed by atoms with van der Waals surface area (Å²) in [6.45, 7) is 2.88. The Morgan fingerprint density at radius 2 is 1.85 bits per heavy atom. The molecular weight excluding hydrogens is 445 g/mol. The molecule has 0 radical (unpaired) electrons. The van der Waals surface area contributed by atoms with E-state index in [0.717, 1.165) is 6.20 Å². The number of carbonyl (C=O) groups excluding carboxylic acids is 2. The van der Waals surface area contributed by atoms with E-state index in [1.54, 1.807) is 0 Å². The molecule has 0 atom stereocenters. The van der Waals surface area contributed by atoms with Gasteiger partial charge in [-0.15, -0.1) is 0 Å². The van der Waals surface area contributed by atoms with Gasteiger partial charge in [0.25, 0.3) is 11.6 Å². The minimum atomic E-state index is -4.88. The normalized spacial score (nSPS) is 11.2. The van der Waals surface area contributed by atoms with Crippen molar-refractivity contribution in [3.63, 3.8) is 0 Å². The molecule has 0 aliphatic carbocycles.